The minimum atomic E-state index is 0.770. The van der Waals surface area contributed by atoms with E-state index in [9.17, 15) is 0 Å². The predicted octanol–water partition coefficient (Wildman–Crippen LogP) is 4.53. The number of halogens is 1. The summed E-state index contributed by atoms with van der Waals surface area (Å²) in [7, 11) is 1.96. The molecule has 0 atom stereocenters. The fourth-order valence-corrected chi connectivity index (χ4v) is 2.63. The molecule has 0 radical (unpaired) electrons. The van der Waals surface area contributed by atoms with Gasteiger partial charge in [0.25, 0.3) is 0 Å². The summed E-state index contributed by atoms with van der Waals surface area (Å²) in [6.45, 7) is 6.04. The van der Waals surface area contributed by atoms with Crippen molar-refractivity contribution in [1.82, 2.24) is 5.32 Å². The molecule has 0 aliphatic carbocycles. The lowest BCUT2D eigenvalue weighted by Crippen LogP contribution is -2.20. The van der Waals surface area contributed by atoms with Gasteiger partial charge in [0.15, 0.2) is 0 Å². The molecule has 0 saturated carbocycles. The van der Waals surface area contributed by atoms with Gasteiger partial charge in [-0.3, -0.25) is 0 Å². The van der Waals surface area contributed by atoms with E-state index in [-0.39, 0.29) is 0 Å². The Kier molecular flexibility index (Phi) is 5.05. The van der Waals surface area contributed by atoms with Crippen LogP contribution in [0.2, 0.25) is 5.02 Å². The van der Waals surface area contributed by atoms with Gasteiger partial charge in [-0.2, -0.15) is 0 Å². The number of aryl methyl sites for hydroxylation is 1. The average molecular weight is 289 g/mol. The number of hydrogen-bond acceptors (Lipinski definition) is 2. The molecule has 2 aromatic rings. The summed E-state index contributed by atoms with van der Waals surface area (Å²) >= 11 is 6.20. The highest BCUT2D eigenvalue weighted by Crippen LogP contribution is 2.32. The van der Waals surface area contributed by atoms with E-state index in [2.05, 4.69) is 54.4 Å². The molecule has 0 bridgehead atoms. The fourth-order valence-electron chi connectivity index (χ4n) is 2.46. The van der Waals surface area contributed by atoms with Crippen LogP contribution in [0.1, 0.15) is 18.1 Å². The maximum absolute atomic E-state index is 6.20. The van der Waals surface area contributed by atoms with Crippen LogP contribution in [0, 0.1) is 6.92 Å². The van der Waals surface area contributed by atoms with E-state index in [0.29, 0.717) is 0 Å². The zero-order chi connectivity index (χ0) is 14.5. The van der Waals surface area contributed by atoms with Gasteiger partial charge in [-0.15, -0.1) is 0 Å². The highest BCUT2D eigenvalue weighted by atomic mass is 35.5. The van der Waals surface area contributed by atoms with Gasteiger partial charge in [0.2, 0.25) is 0 Å². The first kappa shape index (κ1) is 14.9. The van der Waals surface area contributed by atoms with Crippen LogP contribution >= 0.6 is 11.6 Å². The van der Waals surface area contributed by atoms with Crippen LogP contribution in [-0.4, -0.2) is 13.6 Å². The molecule has 0 saturated heterocycles. The van der Waals surface area contributed by atoms with Crippen LogP contribution in [0.25, 0.3) is 0 Å². The Morgan fingerprint density at radius 3 is 2.50 bits per heavy atom. The van der Waals surface area contributed by atoms with Gasteiger partial charge in [0.05, 0.1) is 0 Å². The second-order valence-electron chi connectivity index (χ2n) is 4.83. The van der Waals surface area contributed by atoms with Gasteiger partial charge < -0.3 is 10.2 Å². The molecule has 0 spiro atoms. The van der Waals surface area contributed by atoms with Crippen molar-refractivity contribution in [2.75, 3.05) is 18.5 Å². The van der Waals surface area contributed by atoms with Crippen molar-refractivity contribution >= 4 is 23.0 Å². The zero-order valence-corrected chi connectivity index (χ0v) is 13.0. The second kappa shape index (κ2) is 6.78. The first-order chi connectivity index (χ1) is 9.67. The minimum Gasteiger partial charge on any atom is -0.341 e. The molecule has 2 rings (SSSR count). The first-order valence-corrected chi connectivity index (χ1v) is 7.31. The van der Waals surface area contributed by atoms with Crippen LogP contribution in [0.5, 0.6) is 0 Å². The summed E-state index contributed by atoms with van der Waals surface area (Å²) in [5, 5.41) is 3.99. The van der Waals surface area contributed by atoms with E-state index in [0.717, 1.165) is 18.1 Å². The number of para-hydroxylation sites is 1. The molecule has 3 heteroatoms. The lowest BCUT2D eigenvalue weighted by molar-refractivity contribution is 0.812. The predicted molar refractivity (Wildman–Crippen MR) is 88.1 cm³/mol. The van der Waals surface area contributed by atoms with E-state index in [1.54, 1.807) is 0 Å². The molecule has 106 valence electrons. The Bertz CT molecular complexity index is 581. The molecule has 20 heavy (non-hydrogen) atoms. The van der Waals surface area contributed by atoms with E-state index in [1.165, 1.54) is 22.5 Å². The average Bonchev–Trinajstić information content (AvgIpc) is 2.44. The number of rotatable bonds is 5. The Morgan fingerprint density at radius 2 is 1.85 bits per heavy atom. The van der Waals surface area contributed by atoms with E-state index in [1.807, 2.05) is 19.2 Å². The number of hydrogen-bond donors (Lipinski definition) is 1. The summed E-state index contributed by atoms with van der Waals surface area (Å²) in [5.74, 6) is 0. The van der Waals surface area contributed by atoms with Gasteiger partial charge in [-0.1, -0.05) is 35.9 Å². The summed E-state index contributed by atoms with van der Waals surface area (Å²) in [5.41, 5.74) is 4.92. The lowest BCUT2D eigenvalue weighted by atomic mass is 10.1. The molecular formula is C17H21ClN2. The molecule has 0 heterocycles. The largest absolute Gasteiger partial charge is 0.341 e. The molecule has 0 aliphatic rings. The summed E-state index contributed by atoms with van der Waals surface area (Å²) < 4.78 is 0. The van der Waals surface area contributed by atoms with Gasteiger partial charge in [0.1, 0.15) is 0 Å². The number of anilines is 2. The molecular weight excluding hydrogens is 268 g/mol. The van der Waals surface area contributed by atoms with Gasteiger partial charge >= 0.3 is 0 Å². The van der Waals surface area contributed by atoms with Crippen molar-refractivity contribution in [2.45, 2.75) is 20.4 Å². The summed E-state index contributed by atoms with van der Waals surface area (Å²) in [6.07, 6.45) is 0. The Hall–Kier alpha value is -1.51. The van der Waals surface area contributed by atoms with Crippen molar-refractivity contribution in [2.24, 2.45) is 0 Å². The smallest absolute Gasteiger partial charge is 0.0471 e. The van der Waals surface area contributed by atoms with Crippen LogP contribution in [-0.2, 0) is 6.54 Å². The maximum Gasteiger partial charge on any atom is 0.0471 e. The Morgan fingerprint density at radius 1 is 1.10 bits per heavy atom. The van der Waals surface area contributed by atoms with Crippen molar-refractivity contribution in [3.05, 3.63) is 58.6 Å². The highest BCUT2D eigenvalue weighted by Gasteiger charge is 2.13. The molecule has 0 unspecified atom stereocenters. The van der Waals surface area contributed by atoms with Crippen molar-refractivity contribution in [1.29, 1.82) is 0 Å². The summed E-state index contributed by atoms with van der Waals surface area (Å²) in [4.78, 5) is 2.31. The quantitative estimate of drug-likeness (QED) is 0.870. The van der Waals surface area contributed by atoms with Crippen LogP contribution in [0.3, 0.4) is 0 Å². The third-order valence-corrected chi connectivity index (χ3v) is 3.66. The van der Waals surface area contributed by atoms with Gasteiger partial charge in [0, 0.05) is 29.5 Å². The molecule has 2 nitrogen and oxygen atoms in total. The second-order valence-corrected chi connectivity index (χ2v) is 5.27. The third-order valence-electron chi connectivity index (χ3n) is 3.43. The topological polar surface area (TPSA) is 15.3 Å². The number of benzene rings is 2. The minimum absolute atomic E-state index is 0.770. The third kappa shape index (κ3) is 3.14. The normalized spacial score (nSPS) is 10.6. The lowest BCUT2D eigenvalue weighted by Gasteiger charge is -2.27. The number of nitrogens with one attached hydrogen (secondary N) is 1. The van der Waals surface area contributed by atoms with Gasteiger partial charge in [-0.25, -0.2) is 0 Å². The molecule has 2 aromatic carbocycles. The van der Waals surface area contributed by atoms with Crippen molar-refractivity contribution < 1.29 is 0 Å². The van der Waals surface area contributed by atoms with Crippen LogP contribution < -0.4 is 10.2 Å². The zero-order valence-electron chi connectivity index (χ0n) is 12.3. The van der Waals surface area contributed by atoms with Gasteiger partial charge in [-0.05, 0) is 50.2 Å². The maximum atomic E-state index is 6.20. The monoisotopic (exact) mass is 288 g/mol. The molecule has 0 aromatic heterocycles. The van der Waals surface area contributed by atoms with Crippen molar-refractivity contribution in [3.63, 3.8) is 0 Å². The van der Waals surface area contributed by atoms with E-state index in [4.69, 9.17) is 11.6 Å². The molecule has 0 amide bonds. The standard InChI is InChI=1S/C17H21ClN2/c1-4-20(16-8-6-5-7-13(16)2)17-11-15(18)10-9-14(17)12-19-3/h5-11,19H,4,12H2,1-3H3. The summed E-state index contributed by atoms with van der Waals surface area (Å²) in [6, 6.07) is 14.5. The Labute approximate surface area is 126 Å². The highest BCUT2D eigenvalue weighted by molar-refractivity contribution is 6.30. The fraction of sp³-hybridized carbons (Fsp3) is 0.294. The molecule has 0 fully saturated rings. The SMILES string of the molecule is CCN(c1ccccc1C)c1cc(Cl)ccc1CNC. The first-order valence-electron chi connectivity index (χ1n) is 6.93. The van der Waals surface area contributed by atoms with Crippen LogP contribution in [0.15, 0.2) is 42.5 Å². The van der Waals surface area contributed by atoms with E-state index >= 15 is 0 Å². The van der Waals surface area contributed by atoms with Crippen LogP contribution in [0.4, 0.5) is 11.4 Å². The number of nitrogens with zero attached hydrogens (tertiary/aromatic N) is 1. The molecule has 1 N–H and O–H groups in total. The van der Waals surface area contributed by atoms with E-state index < -0.39 is 0 Å². The van der Waals surface area contributed by atoms with Crippen molar-refractivity contribution in [3.8, 4) is 0 Å². The Balaban J connectivity index is 2.51. The molecule has 0 aliphatic heterocycles.